The zero-order valence-corrected chi connectivity index (χ0v) is 10.8. The summed E-state index contributed by atoms with van der Waals surface area (Å²) >= 11 is 3.33. The maximum Gasteiger partial charge on any atom is 0.0952 e. The maximum atomic E-state index is 5.78. The van der Waals surface area contributed by atoms with E-state index in [0.29, 0.717) is 0 Å². The summed E-state index contributed by atoms with van der Waals surface area (Å²) in [5.74, 6) is 0. The van der Waals surface area contributed by atoms with Gasteiger partial charge in [0, 0.05) is 17.6 Å². The van der Waals surface area contributed by atoms with E-state index in [4.69, 9.17) is 4.74 Å². The van der Waals surface area contributed by atoms with Crippen molar-refractivity contribution in [2.24, 2.45) is 0 Å². The first kappa shape index (κ1) is 11.8. The number of halogens is 1. The van der Waals surface area contributed by atoms with E-state index in [-0.39, 0.29) is 6.10 Å². The third-order valence-corrected chi connectivity index (χ3v) is 3.02. The van der Waals surface area contributed by atoms with Crippen LogP contribution in [-0.4, -0.2) is 19.7 Å². The lowest BCUT2D eigenvalue weighted by molar-refractivity contribution is 0.0432. The lowest BCUT2D eigenvalue weighted by Gasteiger charge is -2.26. The number of benzene rings is 1. The Kier molecular flexibility index (Phi) is 4.16. The minimum atomic E-state index is 0.178. The van der Waals surface area contributed by atoms with Crippen molar-refractivity contribution < 1.29 is 4.74 Å². The zero-order valence-electron chi connectivity index (χ0n) is 9.21. The van der Waals surface area contributed by atoms with Crippen molar-refractivity contribution in [2.45, 2.75) is 12.5 Å². The fraction of sp³-hybridized carbons (Fsp3) is 0.385. The van der Waals surface area contributed by atoms with E-state index < -0.39 is 0 Å². The zero-order chi connectivity index (χ0) is 11.4. The number of hydrogen-bond donors (Lipinski definition) is 1. The van der Waals surface area contributed by atoms with Crippen LogP contribution in [-0.2, 0) is 11.2 Å². The van der Waals surface area contributed by atoms with Crippen LogP contribution < -0.4 is 5.32 Å². The summed E-state index contributed by atoms with van der Waals surface area (Å²) in [7, 11) is 0. The van der Waals surface area contributed by atoms with Crippen LogP contribution in [0.4, 0.5) is 0 Å². The van der Waals surface area contributed by atoms with Gasteiger partial charge in [0.1, 0.15) is 0 Å². The van der Waals surface area contributed by atoms with Gasteiger partial charge in [-0.1, -0.05) is 46.8 Å². The Morgan fingerprint density at radius 3 is 3.12 bits per heavy atom. The second-order valence-corrected chi connectivity index (χ2v) is 5.08. The lowest BCUT2D eigenvalue weighted by Crippen LogP contribution is -2.28. The summed E-state index contributed by atoms with van der Waals surface area (Å²) in [4.78, 5) is 0. The van der Waals surface area contributed by atoms with E-state index in [1.165, 1.54) is 11.1 Å². The molecule has 0 saturated carbocycles. The highest BCUT2D eigenvalue weighted by atomic mass is 79.9. The van der Waals surface area contributed by atoms with Crippen LogP contribution in [0.25, 0.3) is 0 Å². The van der Waals surface area contributed by atoms with Gasteiger partial charge in [-0.15, -0.1) is 0 Å². The molecule has 1 N–H and O–H groups in total. The molecule has 16 heavy (non-hydrogen) atoms. The van der Waals surface area contributed by atoms with Gasteiger partial charge in [0.15, 0.2) is 0 Å². The van der Waals surface area contributed by atoms with Crippen LogP contribution in [0.2, 0.25) is 0 Å². The minimum absolute atomic E-state index is 0.178. The highest BCUT2D eigenvalue weighted by molar-refractivity contribution is 9.11. The molecule has 1 aromatic rings. The van der Waals surface area contributed by atoms with Gasteiger partial charge in [-0.3, -0.25) is 0 Å². The van der Waals surface area contributed by atoms with E-state index in [0.717, 1.165) is 30.6 Å². The van der Waals surface area contributed by atoms with Crippen LogP contribution in [0, 0.1) is 0 Å². The molecule has 1 unspecified atom stereocenters. The summed E-state index contributed by atoms with van der Waals surface area (Å²) in [5, 5.41) is 3.32. The quantitative estimate of drug-likeness (QED) is 0.917. The molecular formula is C13H16BrNO. The van der Waals surface area contributed by atoms with Crippen molar-refractivity contribution in [3.63, 3.8) is 0 Å². The average molecular weight is 282 g/mol. The first-order valence-electron chi connectivity index (χ1n) is 5.51. The van der Waals surface area contributed by atoms with E-state index >= 15 is 0 Å². The third kappa shape index (κ3) is 2.94. The van der Waals surface area contributed by atoms with Crippen LogP contribution in [0.3, 0.4) is 0 Å². The molecule has 1 heterocycles. The van der Waals surface area contributed by atoms with E-state index in [1.54, 1.807) is 0 Å². The van der Waals surface area contributed by atoms with Gasteiger partial charge in [-0.2, -0.15) is 0 Å². The molecular weight excluding hydrogens is 266 g/mol. The fourth-order valence-corrected chi connectivity index (χ4v) is 2.18. The highest BCUT2D eigenvalue weighted by Gasteiger charge is 2.19. The van der Waals surface area contributed by atoms with Gasteiger partial charge in [0.25, 0.3) is 0 Å². The van der Waals surface area contributed by atoms with Crippen LogP contribution in [0.5, 0.6) is 0 Å². The number of rotatable bonds is 4. The van der Waals surface area contributed by atoms with Gasteiger partial charge < -0.3 is 10.1 Å². The molecule has 2 nitrogen and oxygen atoms in total. The van der Waals surface area contributed by atoms with Crippen LogP contribution in [0.15, 0.2) is 35.3 Å². The Balaban J connectivity index is 1.99. The standard InChI is InChI=1S/C13H16BrNO/c1-10(14)8-15-9-13-12-5-3-2-4-11(12)6-7-16-13/h2-5,13,15H,1,6-9H2. The van der Waals surface area contributed by atoms with Crippen molar-refractivity contribution in [3.8, 4) is 0 Å². The summed E-state index contributed by atoms with van der Waals surface area (Å²) in [6.45, 7) is 6.23. The smallest absolute Gasteiger partial charge is 0.0952 e. The number of ether oxygens (including phenoxy) is 1. The Morgan fingerprint density at radius 1 is 1.50 bits per heavy atom. The molecule has 0 saturated heterocycles. The SMILES string of the molecule is C=C(Br)CNCC1OCCc2ccccc21. The van der Waals surface area contributed by atoms with Crippen molar-refractivity contribution in [1.82, 2.24) is 5.32 Å². The molecule has 2 rings (SSSR count). The second-order valence-electron chi connectivity index (χ2n) is 3.96. The Labute approximate surface area is 105 Å². The van der Waals surface area contributed by atoms with Crippen LogP contribution in [0.1, 0.15) is 17.2 Å². The van der Waals surface area contributed by atoms with E-state index in [2.05, 4.69) is 52.1 Å². The number of hydrogen-bond acceptors (Lipinski definition) is 2. The molecule has 1 atom stereocenters. The molecule has 1 aliphatic heterocycles. The molecule has 1 aliphatic rings. The first-order chi connectivity index (χ1) is 7.77. The predicted molar refractivity (Wildman–Crippen MR) is 69.8 cm³/mol. The van der Waals surface area contributed by atoms with Gasteiger partial charge in [0.2, 0.25) is 0 Å². The molecule has 0 aliphatic carbocycles. The maximum absolute atomic E-state index is 5.78. The molecule has 3 heteroatoms. The van der Waals surface area contributed by atoms with E-state index in [9.17, 15) is 0 Å². The third-order valence-electron chi connectivity index (χ3n) is 2.74. The summed E-state index contributed by atoms with van der Waals surface area (Å²) in [6, 6.07) is 8.51. The number of fused-ring (bicyclic) bond motifs is 1. The average Bonchev–Trinajstić information content (AvgIpc) is 2.29. The van der Waals surface area contributed by atoms with E-state index in [1.807, 2.05) is 0 Å². The van der Waals surface area contributed by atoms with Crippen molar-refractivity contribution in [1.29, 1.82) is 0 Å². The molecule has 0 radical (unpaired) electrons. The first-order valence-corrected chi connectivity index (χ1v) is 6.30. The largest absolute Gasteiger partial charge is 0.372 e. The summed E-state index contributed by atoms with van der Waals surface area (Å²) in [6.07, 6.45) is 1.20. The molecule has 0 spiro atoms. The van der Waals surface area contributed by atoms with Crippen molar-refractivity contribution in [3.05, 3.63) is 46.5 Å². The van der Waals surface area contributed by atoms with Crippen LogP contribution >= 0.6 is 15.9 Å². The van der Waals surface area contributed by atoms with Gasteiger partial charge in [0.05, 0.1) is 12.7 Å². The lowest BCUT2D eigenvalue weighted by atomic mass is 9.97. The second kappa shape index (κ2) is 5.62. The summed E-state index contributed by atoms with van der Waals surface area (Å²) < 4.78 is 6.75. The van der Waals surface area contributed by atoms with Crippen molar-refractivity contribution >= 4 is 15.9 Å². The fourth-order valence-electron chi connectivity index (χ4n) is 1.98. The molecule has 1 aromatic carbocycles. The highest BCUT2D eigenvalue weighted by Crippen LogP contribution is 2.26. The molecule has 0 amide bonds. The predicted octanol–water partition coefficient (Wildman–Crippen LogP) is 2.80. The Bertz CT molecular complexity index is 378. The monoisotopic (exact) mass is 281 g/mol. The molecule has 86 valence electrons. The van der Waals surface area contributed by atoms with Gasteiger partial charge in [-0.25, -0.2) is 0 Å². The van der Waals surface area contributed by atoms with Gasteiger partial charge >= 0.3 is 0 Å². The molecule has 0 aromatic heterocycles. The summed E-state index contributed by atoms with van der Waals surface area (Å²) in [5.41, 5.74) is 2.74. The normalized spacial score (nSPS) is 19.2. The molecule has 0 bridgehead atoms. The van der Waals surface area contributed by atoms with Gasteiger partial charge in [-0.05, 0) is 17.5 Å². The minimum Gasteiger partial charge on any atom is -0.372 e. The molecule has 0 fully saturated rings. The Morgan fingerprint density at radius 2 is 2.31 bits per heavy atom. The number of nitrogens with one attached hydrogen (secondary N) is 1. The topological polar surface area (TPSA) is 21.3 Å². The van der Waals surface area contributed by atoms with Crippen molar-refractivity contribution in [2.75, 3.05) is 19.7 Å². The Hall–Kier alpha value is -0.640.